The van der Waals surface area contributed by atoms with E-state index in [0.717, 1.165) is 0 Å². The van der Waals surface area contributed by atoms with Gasteiger partial charge in [-0.15, -0.1) is 6.42 Å². The molecule has 0 nitrogen and oxygen atoms in total. The summed E-state index contributed by atoms with van der Waals surface area (Å²) < 4.78 is 0. The van der Waals surface area contributed by atoms with Crippen LogP contribution in [0.4, 0.5) is 0 Å². The molecular formula is C6H11ClMg. The van der Waals surface area contributed by atoms with E-state index >= 15 is 0 Å². The van der Waals surface area contributed by atoms with E-state index in [1.54, 1.807) is 0 Å². The van der Waals surface area contributed by atoms with Gasteiger partial charge in [0, 0.05) is 0 Å². The molecular weight excluding hydrogens is 132 g/mol. The number of allylic oxidation sites excluding steroid dienone is 2. The SMILES string of the molecule is [CH2-]/C=C/CCC.[Cl-].[Mg+2]. The maximum absolute atomic E-state index is 3.54. The summed E-state index contributed by atoms with van der Waals surface area (Å²) in [4.78, 5) is 0. The van der Waals surface area contributed by atoms with Crippen LogP contribution >= 0.6 is 0 Å². The fraction of sp³-hybridized carbons (Fsp3) is 0.500. The third kappa shape index (κ3) is 15.9. The molecule has 0 aromatic heterocycles. The van der Waals surface area contributed by atoms with Gasteiger partial charge in [0.2, 0.25) is 0 Å². The summed E-state index contributed by atoms with van der Waals surface area (Å²) >= 11 is 0. The molecule has 0 aromatic carbocycles. The Labute approximate surface area is 74.3 Å². The van der Waals surface area contributed by atoms with Crippen molar-refractivity contribution in [3.05, 3.63) is 19.1 Å². The Morgan fingerprint density at radius 1 is 1.50 bits per heavy atom. The topological polar surface area (TPSA) is 0 Å². The molecule has 2 heteroatoms. The van der Waals surface area contributed by atoms with E-state index in [1.165, 1.54) is 12.8 Å². The molecule has 0 amide bonds. The first-order valence-electron chi connectivity index (χ1n) is 2.36. The van der Waals surface area contributed by atoms with Crippen LogP contribution in [0.15, 0.2) is 12.2 Å². The van der Waals surface area contributed by atoms with Gasteiger partial charge >= 0.3 is 23.1 Å². The van der Waals surface area contributed by atoms with Crippen LogP contribution in [-0.4, -0.2) is 23.1 Å². The van der Waals surface area contributed by atoms with Crippen LogP contribution < -0.4 is 12.4 Å². The maximum atomic E-state index is 3.54. The van der Waals surface area contributed by atoms with Crippen molar-refractivity contribution in [1.29, 1.82) is 0 Å². The van der Waals surface area contributed by atoms with Gasteiger partial charge in [-0.25, -0.2) is 19.1 Å². The molecule has 0 aromatic rings. The number of halogens is 1. The van der Waals surface area contributed by atoms with Crippen molar-refractivity contribution in [2.45, 2.75) is 19.8 Å². The quantitative estimate of drug-likeness (QED) is 0.336. The van der Waals surface area contributed by atoms with E-state index < -0.39 is 0 Å². The molecule has 0 heterocycles. The third-order valence-corrected chi connectivity index (χ3v) is 0.622. The molecule has 0 saturated carbocycles. The second-order valence-electron chi connectivity index (χ2n) is 1.26. The molecule has 8 heavy (non-hydrogen) atoms. The van der Waals surface area contributed by atoms with Crippen LogP contribution in [0.25, 0.3) is 0 Å². The molecule has 0 spiro atoms. The van der Waals surface area contributed by atoms with Gasteiger partial charge < -0.3 is 12.4 Å². The van der Waals surface area contributed by atoms with E-state index in [1.807, 2.05) is 6.08 Å². The zero-order valence-corrected chi connectivity index (χ0v) is 7.53. The van der Waals surface area contributed by atoms with Crippen molar-refractivity contribution >= 4 is 23.1 Å². The minimum absolute atomic E-state index is 0. The normalized spacial score (nSPS) is 7.62. The van der Waals surface area contributed by atoms with Gasteiger partial charge in [-0.05, 0) is 0 Å². The van der Waals surface area contributed by atoms with Crippen LogP contribution in [0, 0.1) is 6.92 Å². The third-order valence-electron chi connectivity index (χ3n) is 0.622. The minimum atomic E-state index is 0. The Bertz CT molecular complexity index is 43.8. The molecule has 0 aliphatic rings. The van der Waals surface area contributed by atoms with Crippen LogP contribution in [0.2, 0.25) is 0 Å². The van der Waals surface area contributed by atoms with Crippen LogP contribution in [-0.2, 0) is 0 Å². The Morgan fingerprint density at radius 3 is 2.12 bits per heavy atom. The molecule has 0 rings (SSSR count). The number of rotatable bonds is 2. The standard InChI is InChI=1S/C6H11.ClH.Mg/c1-3-5-6-4-2;;/h3,5H,1,4,6H2,2H3;1H;/q-1;;+2/p-1/b5-3+;;. The smallest absolute Gasteiger partial charge is 1.00 e. The van der Waals surface area contributed by atoms with Gasteiger partial charge in [-0.1, -0.05) is 13.3 Å². The fourth-order valence-corrected chi connectivity index (χ4v) is 0.285. The number of hydrogen-bond donors (Lipinski definition) is 0. The maximum Gasteiger partial charge on any atom is 2.00 e. The summed E-state index contributed by atoms with van der Waals surface area (Å²) in [6.07, 6.45) is 6.30. The molecule has 44 valence electrons. The van der Waals surface area contributed by atoms with Crippen molar-refractivity contribution in [2.75, 3.05) is 0 Å². The Morgan fingerprint density at radius 2 is 2.00 bits per heavy atom. The van der Waals surface area contributed by atoms with Gasteiger partial charge in [-0.2, -0.15) is 0 Å². The average Bonchev–Trinajstić information content (AvgIpc) is 1.61. The largest absolute Gasteiger partial charge is 2.00 e. The first kappa shape index (κ1) is 15.9. The average molecular weight is 143 g/mol. The molecule has 0 unspecified atom stereocenters. The zero-order valence-electron chi connectivity index (χ0n) is 5.36. The summed E-state index contributed by atoms with van der Waals surface area (Å²) in [7, 11) is 0. The van der Waals surface area contributed by atoms with E-state index in [2.05, 4.69) is 19.9 Å². The first-order chi connectivity index (χ1) is 2.91. The van der Waals surface area contributed by atoms with E-state index in [9.17, 15) is 0 Å². The Kier molecular flexibility index (Phi) is 31.0. The minimum Gasteiger partial charge on any atom is -1.00 e. The molecule has 0 bridgehead atoms. The summed E-state index contributed by atoms with van der Waals surface area (Å²) in [5, 5.41) is 0. The van der Waals surface area contributed by atoms with Gasteiger partial charge in [0.05, 0.1) is 0 Å². The predicted octanol–water partition coefficient (Wildman–Crippen LogP) is -1.20. The van der Waals surface area contributed by atoms with Crippen LogP contribution in [0.1, 0.15) is 19.8 Å². The summed E-state index contributed by atoms with van der Waals surface area (Å²) in [6, 6.07) is 0. The second kappa shape index (κ2) is 15.6. The van der Waals surface area contributed by atoms with Crippen molar-refractivity contribution in [3.8, 4) is 0 Å². The molecule has 0 saturated heterocycles. The van der Waals surface area contributed by atoms with E-state index in [-0.39, 0.29) is 35.5 Å². The van der Waals surface area contributed by atoms with Crippen molar-refractivity contribution in [1.82, 2.24) is 0 Å². The molecule has 0 aliphatic carbocycles. The number of unbranched alkanes of at least 4 members (excludes halogenated alkanes) is 1. The molecule has 0 atom stereocenters. The van der Waals surface area contributed by atoms with Gasteiger partial charge in [0.25, 0.3) is 0 Å². The van der Waals surface area contributed by atoms with Crippen molar-refractivity contribution in [3.63, 3.8) is 0 Å². The molecule has 0 radical (unpaired) electrons. The van der Waals surface area contributed by atoms with Crippen LogP contribution in [0.3, 0.4) is 0 Å². The summed E-state index contributed by atoms with van der Waals surface area (Å²) in [5.74, 6) is 0. The Balaban J connectivity index is -0.000000125. The number of hydrogen-bond acceptors (Lipinski definition) is 0. The summed E-state index contributed by atoms with van der Waals surface area (Å²) in [6.45, 7) is 5.70. The van der Waals surface area contributed by atoms with E-state index in [0.29, 0.717) is 0 Å². The van der Waals surface area contributed by atoms with Gasteiger partial charge in [0.15, 0.2) is 0 Å². The first-order valence-corrected chi connectivity index (χ1v) is 2.36. The van der Waals surface area contributed by atoms with E-state index in [4.69, 9.17) is 0 Å². The molecule has 0 N–H and O–H groups in total. The Hall–Kier alpha value is 0.666. The monoisotopic (exact) mass is 142 g/mol. The fourth-order valence-electron chi connectivity index (χ4n) is 0.285. The van der Waals surface area contributed by atoms with Crippen LogP contribution in [0.5, 0.6) is 0 Å². The second-order valence-corrected chi connectivity index (χ2v) is 1.26. The molecule has 0 fully saturated rings. The van der Waals surface area contributed by atoms with Crippen molar-refractivity contribution in [2.24, 2.45) is 0 Å². The predicted molar refractivity (Wildman–Crippen MR) is 35.2 cm³/mol. The van der Waals surface area contributed by atoms with Gasteiger partial charge in [-0.3, -0.25) is 0 Å². The van der Waals surface area contributed by atoms with Crippen molar-refractivity contribution < 1.29 is 12.4 Å². The summed E-state index contributed by atoms with van der Waals surface area (Å²) in [5.41, 5.74) is 0. The van der Waals surface area contributed by atoms with Gasteiger partial charge in [0.1, 0.15) is 0 Å². The zero-order chi connectivity index (χ0) is 4.83. The molecule has 0 aliphatic heterocycles.